The Labute approximate surface area is 81.0 Å². The summed E-state index contributed by atoms with van der Waals surface area (Å²) in [6.07, 6.45) is 0.946. The van der Waals surface area contributed by atoms with Crippen LogP contribution in [-0.4, -0.2) is 28.4 Å². The van der Waals surface area contributed by atoms with Crippen LogP contribution in [0.25, 0.3) is 0 Å². The molecule has 1 aromatic rings. The van der Waals surface area contributed by atoms with E-state index in [4.69, 9.17) is 15.0 Å². The zero-order valence-electron chi connectivity index (χ0n) is 7.72. The fourth-order valence-corrected chi connectivity index (χ4v) is 1.40. The van der Waals surface area contributed by atoms with E-state index in [1.807, 2.05) is 0 Å². The van der Waals surface area contributed by atoms with Gasteiger partial charge in [0.1, 0.15) is 12.2 Å². The molecular weight excluding hydrogens is 186 g/mol. The van der Waals surface area contributed by atoms with E-state index >= 15 is 0 Å². The molecule has 0 radical (unpaired) electrons. The van der Waals surface area contributed by atoms with Gasteiger partial charge in [-0.15, -0.1) is 0 Å². The van der Waals surface area contributed by atoms with Crippen LogP contribution in [0, 0.1) is 0 Å². The lowest BCUT2D eigenvalue weighted by Gasteiger charge is -2.01. The first-order valence-corrected chi connectivity index (χ1v) is 4.64. The molecule has 1 saturated heterocycles. The van der Waals surface area contributed by atoms with Gasteiger partial charge in [0, 0.05) is 13.2 Å². The van der Waals surface area contributed by atoms with Gasteiger partial charge in [0.2, 0.25) is 5.82 Å². The minimum Gasteiger partial charge on any atom is -0.382 e. The molecule has 2 atom stereocenters. The molecule has 2 heterocycles. The molecule has 0 aromatic carbocycles. The molecule has 1 aliphatic heterocycles. The van der Waals surface area contributed by atoms with E-state index in [1.54, 1.807) is 0 Å². The number of aliphatic hydroxyl groups excluding tert-OH is 1. The van der Waals surface area contributed by atoms with Gasteiger partial charge in [-0.05, 0) is 12.8 Å². The first kappa shape index (κ1) is 9.57. The number of ether oxygens (including phenoxy) is 1. The average molecular weight is 199 g/mol. The van der Waals surface area contributed by atoms with Gasteiger partial charge in [-0.3, -0.25) is 0 Å². The van der Waals surface area contributed by atoms with Gasteiger partial charge in [0.15, 0.2) is 0 Å². The number of nitrogens with zero attached hydrogens (tertiary/aromatic N) is 2. The number of nitrogens with two attached hydrogens (primary N) is 1. The zero-order valence-corrected chi connectivity index (χ0v) is 7.72. The van der Waals surface area contributed by atoms with E-state index in [0.29, 0.717) is 5.82 Å². The lowest BCUT2D eigenvalue weighted by molar-refractivity contribution is 0.102. The average Bonchev–Trinajstić information content (AvgIpc) is 2.86. The van der Waals surface area contributed by atoms with E-state index in [1.165, 1.54) is 0 Å². The highest BCUT2D eigenvalue weighted by Crippen LogP contribution is 2.26. The maximum atomic E-state index is 9.32. The van der Waals surface area contributed by atoms with Gasteiger partial charge < -0.3 is 20.1 Å². The standard InChI is InChI=1S/C8H13N3O3/c9-4-5(12)8-10-7(11-14-8)6-2-1-3-13-6/h5-6,12H,1-4,9H2/t5-,6?/m0/s1. The first-order valence-electron chi connectivity index (χ1n) is 4.64. The van der Waals surface area contributed by atoms with E-state index < -0.39 is 6.10 Å². The largest absolute Gasteiger partial charge is 0.382 e. The predicted octanol–water partition coefficient (Wildman–Crippen LogP) is -0.0868. The Kier molecular flexibility index (Phi) is 2.76. The molecule has 78 valence electrons. The molecule has 6 heteroatoms. The second-order valence-electron chi connectivity index (χ2n) is 3.24. The summed E-state index contributed by atoms with van der Waals surface area (Å²) in [6.45, 7) is 0.807. The Bertz CT molecular complexity index is 296. The molecule has 1 aromatic heterocycles. The summed E-state index contributed by atoms with van der Waals surface area (Å²) in [5.74, 6) is 0.669. The second-order valence-corrected chi connectivity index (χ2v) is 3.24. The molecule has 0 amide bonds. The molecule has 1 fully saturated rings. The maximum Gasteiger partial charge on any atom is 0.256 e. The molecule has 0 spiro atoms. The predicted molar refractivity (Wildman–Crippen MR) is 46.2 cm³/mol. The summed E-state index contributed by atoms with van der Waals surface area (Å²) in [5.41, 5.74) is 5.26. The lowest BCUT2D eigenvalue weighted by atomic mass is 10.2. The fraction of sp³-hybridized carbons (Fsp3) is 0.750. The molecule has 2 rings (SSSR count). The molecule has 0 saturated carbocycles. The first-order chi connectivity index (χ1) is 6.81. The van der Waals surface area contributed by atoms with Gasteiger partial charge in [0.25, 0.3) is 5.89 Å². The topological polar surface area (TPSA) is 94.4 Å². The zero-order chi connectivity index (χ0) is 9.97. The van der Waals surface area contributed by atoms with E-state index in [9.17, 15) is 5.11 Å². The van der Waals surface area contributed by atoms with Crippen molar-refractivity contribution in [1.82, 2.24) is 10.1 Å². The minimum atomic E-state index is -0.877. The fourth-order valence-electron chi connectivity index (χ4n) is 1.40. The van der Waals surface area contributed by atoms with Crippen molar-refractivity contribution in [2.45, 2.75) is 25.0 Å². The molecule has 0 bridgehead atoms. The summed E-state index contributed by atoms with van der Waals surface area (Å²) in [5, 5.41) is 13.1. The molecular formula is C8H13N3O3. The van der Waals surface area contributed by atoms with E-state index in [-0.39, 0.29) is 18.5 Å². The summed E-state index contributed by atoms with van der Waals surface area (Å²) in [6, 6.07) is 0. The van der Waals surface area contributed by atoms with Gasteiger partial charge >= 0.3 is 0 Å². The molecule has 14 heavy (non-hydrogen) atoms. The highest BCUT2D eigenvalue weighted by molar-refractivity contribution is 4.95. The highest BCUT2D eigenvalue weighted by atomic mass is 16.5. The Morgan fingerprint density at radius 2 is 2.50 bits per heavy atom. The second kappa shape index (κ2) is 4.04. The van der Waals surface area contributed by atoms with Crippen molar-refractivity contribution in [2.24, 2.45) is 5.73 Å². The minimum absolute atomic E-state index is 0.0765. The van der Waals surface area contributed by atoms with Crippen LogP contribution in [0.15, 0.2) is 4.52 Å². The number of hydrogen-bond donors (Lipinski definition) is 2. The Morgan fingerprint density at radius 3 is 3.14 bits per heavy atom. The summed E-state index contributed by atoms with van der Waals surface area (Å²) < 4.78 is 10.2. The Morgan fingerprint density at radius 1 is 1.64 bits per heavy atom. The third kappa shape index (κ3) is 1.77. The van der Waals surface area contributed by atoms with Crippen molar-refractivity contribution < 1.29 is 14.4 Å². The normalized spacial score (nSPS) is 24.0. The van der Waals surface area contributed by atoms with Crippen LogP contribution < -0.4 is 5.73 Å². The van der Waals surface area contributed by atoms with Crippen molar-refractivity contribution in [2.75, 3.05) is 13.2 Å². The van der Waals surface area contributed by atoms with Gasteiger partial charge in [-0.2, -0.15) is 4.98 Å². The highest BCUT2D eigenvalue weighted by Gasteiger charge is 2.24. The lowest BCUT2D eigenvalue weighted by Crippen LogP contribution is -2.12. The SMILES string of the molecule is NC[C@H](O)c1nc(C2CCCO2)no1. The molecule has 6 nitrogen and oxygen atoms in total. The quantitative estimate of drug-likeness (QED) is 0.706. The third-order valence-corrected chi connectivity index (χ3v) is 2.18. The van der Waals surface area contributed by atoms with Gasteiger partial charge in [-0.25, -0.2) is 0 Å². The number of rotatable bonds is 3. The summed E-state index contributed by atoms with van der Waals surface area (Å²) >= 11 is 0. The van der Waals surface area contributed by atoms with Gasteiger partial charge in [0.05, 0.1) is 0 Å². The number of aliphatic hydroxyl groups is 1. The molecule has 1 aliphatic rings. The van der Waals surface area contributed by atoms with Crippen LogP contribution in [0.2, 0.25) is 0 Å². The van der Waals surface area contributed by atoms with Crippen LogP contribution >= 0.6 is 0 Å². The maximum absolute atomic E-state index is 9.32. The smallest absolute Gasteiger partial charge is 0.256 e. The van der Waals surface area contributed by atoms with Crippen LogP contribution in [0.1, 0.15) is 36.8 Å². The van der Waals surface area contributed by atoms with Crippen molar-refractivity contribution in [3.8, 4) is 0 Å². The molecule has 3 N–H and O–H groups in total. The van der Waals surface area contributed by atoms with Crippen molar-refractivity contribution in [3.05, 3.63) is 11.7 Å². The molecule has 1 unspecified atom stereocenters. The van der Waals surface area contributed by atoms with Gasteiger partial charge in [-0.1, -0.05) is 5.16 Å². The number of aromatic nitrogens is 2. The van der Waals surface area contributed by atoms with Crippen molar-refractivity contribution >= 4 is 0 Å². The number of hydrogen-bond acceptors (Lipinski definition) is 6. The third-order valence-electron chi connectivity index (χ3n) is 2.18. The molecule has 0 aliphatic carbocycles. The van der Waals surface area contributed by atoms with Crippen LogP contribution in [-0.2, 0) is 4.74 Å². The van der Waals surface area contributed by atoms with Crippen molar-refractivity contribution in [1.29, 1.82) is 0 Å². The van der Waals surface area contributed by atoms with Crippen LogP contribution in [0.3, 0.4) is 0 Å². The summed E-state index contributed by atoms with van der Waals surface area (Å²) in [7, 11) is 0. The monoisotopic (exact) mass is 199 g/mol. The Hall–Kier alpha value is -0.980. The Balaban J connectivity index is 2.08. The van der Waals surface area contributed by atoms with E-state index in [0.717, 1.165) is 19.4 Å². The van der Waals surface area contributed by atoms with Crippen molar-refractivity contribution in [3.63, 3.8) is 0 Å². The van der Waals surface area contributed by atoms with Crippen LogP contribution in [0.5, 0.6) is 0 Å². The van der Waals surface area contributed by atoms with Crippen LogP contribution in [0.4, 0.5) is 0 Å². The van der Waals surface area contributed by atoms with E-state index in [2.05, 4.69) is 10.1 Å². The summed E-state index contributed by atoms with van der Waals surface area (Å²) in [4.78, 5) is 4.03.